The number of hydrogen-bond acceptors (Lipinski definition) is 0. The van der Waals surface area contributed by atoms with E-state index in [0.717, 1.165) is 17.4 Å². The molecule has 0 unspecified atom stereocenters. The molecule has 5 rings (SSSR count). The van der Waals surface area contributed by atoms with Crippen molar-refractivity contribution in [3.8, 4) is 0 Å². The first-order chi connectivity index (χ1) is 13.7. The zero-order chi connectivity index (χ0) is 20.4. The van der Waals surface area contributed by atoms with Crippen LogP contribution in [-0.2, 0) is 23.9 Å². The van der Waals surface area contributed by atoms with Crippen molar-refractivity contribution in [1.29, 1.82) is 0 Å². The average Bonchev–Trinajstić information content (AvgIpc) is 2.81. The molecule has 0 aliphatic carbocycles. The molecule has 1 heteroatoms. The van der Waals surface area contributed by atoms with Crippen LogP contribution in [0.25, 0.3) is 0 Å². The van der Waals surface area contributed by atoms with E-state index in [1.807, 2.05) is 0 Å². The van der Waals surface area contributed by atoms with Crippen molar-refractivity contribution in [3.63, 3.8) is 0 Å². The molecule has 3 atom stereocenters. The number of likely N-dealkylation sites (N-methyl/N-ethyl adjacent to an activating group) is 1. The zero-order valence-corrected chi connectivity index (χ0v) is 18.4. The summed E-state index contributed by atoms with van der Waals surface area (Å²) in [6.45, 7) is 10.4. The van der Waals surface area contributed by atoms with Crippen LogP contribution in [0, 0.1) is 0 Å². The molecule has 0 fully saturated rings. The summed E-state index contributed by atoms with van der Waals surface area (Å²) in [5.41, 5.74) is 9.11. The van der Waals surface area contributed by atoms with Crippen LogP contribution in [0.3, 0.4) is 0 Å². The Bertz CT molecular complexity index is 1060. The number of benzene rings is 3. The van der Waals surface area contributed by atoms with Crippen LogP contribution in [-0.4, -0.2) is 11.5 Å². The van der Waals surface area contributed by atoms with Gasteiger partial charge in [-0.25, -0.2) is 0 Å². The average molecular weight is 383 g/mol. The van der Waals surface area contributed by atoms with Gasteiger partial charge in [0.15, 0.2) is 0 Å². The maximum Gasteiger partial charge on any atom is 0.149 e. The highest BCUT2D eigenvalue weighted by molar-refractivity contribution is 5.51. The second-order valence-corrected chi connectivity index (χ2v) is 10.4. The van der Waals surface area contributed by atoms with E-state index in [1.54, 1.807) is 5.56 Å². The van der Waals surface area contributed by atoms with Gasteiger partial charge in [0.25, 0.3) is 0 Å². The highest BCUT2D eigenvalue weighted by atomic mass is 15.4. The smallest absolute Gasteiger partial charge is 0.149 e. The number of fused-ring (bicyclic) bond motifs is 7. The van der Waals surface area contributed by atoms with Gasteiger partial charge in [-0.15, -0.1) is 0 Å². The molecule has 0 N–H and O–H groups in total. The van der Waals surface area contributed by atoms with Crippen molar-refractivity contribution in [2.24, 2.45) is 0 Å². The van der Waals surface area contributed by atoms with E-state index in [4.69, 9.17) is 0 Å². The summed E-state index contributed by atoms with van der Waals surface area (Å²) in [7, 11) is 2.48. The molecule has 0 amide bonds. The SMILES string of the molecule is CC(C)(C)c1ccc(C[N@+]2(C)[C@H]3Cc4ccccc4[C@]2(C)c2ccccc23)cc1. The molecule has 3 aromatic carbocycles. The van der Waals surface area contributed by atoms with Gasteiger partial charge >= 0.3 is 0 Å². The first-order valence-electron chi connectivity index (χ1n) is 10.9. The van der Waals surface area contributed by atoms with E-state index in [0.29, 0.717) is 6.04 Å². The Morgan fingerprint density at radius 2 is 1.48 bits per heavy atom. The molecule has 148 valence electrons. The van der Waals surface area contributed by atoms with Crippen LogP contribution in [0.2, 0.25) is 0 Å². The summed E-state index contributed by atoms with van der Waals surface area (Å²) in [6.07, 6.45) is 1.12. The minimum atomic E-state index is -0.0151. The number of quaternary nitrogens is 1. The monoisotopic (exact) mass is 382 g/mol. The van der Waals surface area contributed by atoms with Crippen LogP contribution in [0.15, 0.2) is 72.8 Å². The summed E-state index contributed by atoms with van der Waals surface area (Å²) < 4.78 is 1.03. The molecular weight excluding hydrogens is 350 g/mol. The molecule has 29 heavy (non-hydrogen) atoms. The summed E-state index contributed by atoms with van der Waals surface area (Å²) in [4.78, 5) is 0. The van der Waals surface area contributed by atoms with Crippen molar-refractivity contribution in [3.05, 3.63) is 106 Å². The van der Waals surface area contributed by atoms with Crippen molar-refractivity contribution in [1.82, 2.24) is 0 Å². The number of nitrogens with zero attached hydrogens (tertiary/aromatic N) is 1. The predicted octanol–water partition coefficient (Wildman–Crippen LogP) is 6.51. The molecule has 2 bridgehead atoms. The summed E-state index contributed by atoms with van der Waals surface area (Å²) >= 11 is 0. The normalized spacial score (nSPS) is 27.4. The third-order valence-corrected chi connectivity index (χ3v) is 7.84. The fourth-order valence-corrected chi connectivity index (χ4v) is 6.00. The number of rotatable bonds is 2. The van der Waals surface area contributed by atoms with E-state index in [-0.39, 0.29) is 11.0 Å². The Kier molecular flexibility index (Phi) is 3.89. The van der Waals surface area contributed by atoms with Crippen molar-refractivity contribution >= 4 is 0 Å². The van der Waals surface area contributed by atoms with Crippen molar-refractivity contribution in [2.75, 3.05) is 7.05 Å². The maximum absolute atomic E-state index is 2.48. The zero-order valence-electron chi connectivity index (χ0n) is 18.4. The Labute approximate surface area is 175 Å². The fraction of sp³-hybridized carbons (Fsp3) is 0.357. The van der Waals surface area contributed by atoms with Gasteiger partial charge in [-0.3, -0.25) is 0 Å². The van der Waals surface area contributed by atoms with Gasteiger partial charge in [-0.1, -0.05) is 93.6 Å². The van der Waals surface area contributed by atoms with Crippen LogP contribution >= 0.6 is 0 Å². The van der Waals surface area contributed by atoms with E-state index in [9.17, 15) is 0 Å². The lowest BCUT2D eigenvalue weighted by atomic mass is 9.78. The molecule has 3 aromatic rings. The molecule has 0 aromatic heterocycles. The molecule has 0 saturated heterocycles. The third kappa shape index (κ3) is 2.50. The lowest BCUT2D eigenvalue weighted by Crippen LogP contribution is -2.58. The minimum absolute atomic E-state index is 0.0151. The van der Waals surface area contributed by atoms with E-state index < -0.39 is 0 Å². The van der Waals surface area contributed by atoms with Crippen LogP contribution < -0.4 is 0 Å². The van der Waals surface area contributed by atoms with Crippen LogP contribution in [0.1, 0.15) is 67.1 Å². The number of hydrogen-bond donors (Lipinski definition) is 0. The molecule has 1 nitrogen and oxygen atoms in total. The predicted molar refractivity (Wildman–Crippen MR) is 121 cm³/mol. The van der Waals surface area contributed by atoms with E-state index in [1.165, 1.54) is 27.8 Å². The van der Waals surface area contributed by atoms with Gasteiger partial charge in [0.1, 0.15) is 18.1 Å². The Morgan fingerprint density at radius 3 is 2.17 bits per heavy atom. The first kappa shape index (κ1) is 18.6. The Hall–Kier alpha value is -2.38. The lowest BCUT2D eigenvalue weighted by molar-refractivity contribution is -0.993. The molecule has 0 radical (unpaired) electrons. The summed E-state index contributed by atoms with van der Waals surface area (Å²) in [6, 6.07) is 28.2. The maximum atomic E-state index is 2.48. The molecular formula is C28H32N+. The van der Waals surface area contributed by atoms with Crippen LogP contribution in [0.5, 0.6) is 0 Å². The molecule has 2 heterocycles. The molecule has 0 spiro atoms. The highest BCUT2D eigenvalue weighted by Gasteiger charge is 2.62. The highest BCUT2D eigenvalue weighted by Crippen LogP contribution is 2.60. The first-order valence-corrected chi connectivity index (χ1v) is 10.9. The summed E-state index contributed by atoms with van der Waals surface area (Å²) in [5.74, 6) is 0. The standard InChI is InChI=1S/C28H32N/c1-27(2,3)22-16-14-20(15-17-22)19-29(5)26-18-21-10-6-8-12-24(21)28(29,4)25-13-9-7-11-23(25)26/h6-17,26H,18-19H2,1-5H3/q+1/t26-,28+,29+/m0/s1. The van der Waals surface area contributed by atoms with Crippen molar-refractivity contribution < 1.29 is 4.48 Å². The van der Waals surface area contributed by atoms with E-state index in [2.05, 4.69) is 108 Å². The second-order valence-electron chi connectivity index (χ2n) is 10.4. The van der Waals surface area contributed by atoms with Crippen LogP contribution in [0.4, 0.5) is 0 Å². The minimum Gasteiger partial charge on any atom is -0.304 e. The van der Waals surface area contributed by atoms with Gasteiger partial charge in [-0.2, -0.15) is 0 Å². The quantitative estimate of drug-likeness (QED) is 0.443. The van der Waals surface area contributed by atoms with Gasteiger partial charge in [-0.05, 0) is 23.5 Å². The van der Waals surface area contributed by atoms with Gasteiger partial charge in [0.05, 0.1) is 7.05 Å². The molecule has 2 aliphatic heterocycles. The van der Waals surface area contributed by atoms with Gasteiger partial charge in [0.2, 0.25) is 0 Å². The molecule has 0 saturated carbocycles. The van der Waals surface area contributed by atoms with Gasteiger partial charge in [0, 0.05) is 28.7 Å². The van der Waals surface area contributed by atoms with Gasteiger partial charge < -0.3 is 4.48 Å². The largest absolute Gasteiger partial charge is 0.304 e. The second kappa shape index (κ2) is 6.06. The topological polar surface area (TPSA) is 0 Å². The Balaban J connectivity index is 1.64. The molecule has 2 aliphatic rings. The Morgan fingerprint density at radius 1 is 0.862 bits per heavy atom. The summed E-state index contributed by atoms with van der Waals surface area (Å²) in [5, 5.41) is 0. The van der Waals surface area contributed by atoms with E-state index >= 15 is 0 Å². The third-order valence-electron chi connectivity index (χ3n) is 7.84. The fourth-order valence-electron chi connectivity index (χ4n) is 6.00. The van der Waals surface area contributed by atoms with Crippen molar-refractivity contribution in [2.45, 2.75) is 57.7 Å². The lowest BCUT2D eigenvalue weighted by Gasteiger charge is -2.52.